The number of sulfone groups is 1. The number of benzene rings is 2. The van der Waals surface area contributed by atoms with E-state index in [0.29, 0.717) is 41.5 Å². The summed E-state index contributed by atoms with van der Waals surface area (Å²) in [4.78, 5) is 17.7. The predicted octanol–water partition coefficient (Wildman–Crippen LogP) is 4.18. The van der Waals surface area contributed by atoms with E-state index in [1.165, 1.54) is 24.3 Å². The Hall–Kier alpha value is -2.55. The number of amides is 1. The molecule has 1 saturated heterocycles. The van der Waals surface area contributed by atoms with E-state index in [1.807, 2.05) is 0 Å². The molecule has 1 fully saturated rings. The fourth-order valence-electron chi connectivity index (χ4n) is 3.52. The Kier molecular flexibility index (Phi) is 5.96. The molecule has 10 heteroatoms. The number of nitrogens with two attached hydrogens (primary N) is 1. The maximum atomic E-state index is 13.4. The molecule has 0 unspecified atom stereocenters. The normalized spacial score (nSPS) is 15.2. The van der Waals surface area contributed by atoms with Crippen LogP contribution in [0.25, 0.3) is 11.5 Å². The molecule has 0 spiro atoms. The van der Waals surface area contributed by atoms with Gasteiger partial charge in [-0.3, -0.25) is 4.79 Å². The van der Waals surface area contributed by atoms with Gasteiger partial charge in [0, 0.05) is 24.0 Å². The average Bonchev–Trinajstić information content (AvgIpc) is 3.20. The SMILES string of the molecule is NC(=O)C1CCN(c2oc(-c3ccccc3Cl)nc2S(=O)(=O)c2ccc(Cl)cc2)CC1. The first-order chi connectivity index (χ1) is 14.8. The van der Waals surface area contributed by atoms with Gasteiger partial charge in [-0.1, -0.05) is 35.3 Å². The summed E-state index contributed by atoms with van der Waals surface area (Å²) in [5, 5.41) is 0.602. The fourth-order valence-corrected chi connectivity index (χ4v) is 5.18. The van der Waals surface area contributed by atoms with E-state index in [9.17, 15) is 13.2 Å². The van der Waals surface area contributed by atoms with Crippen molar-refractivity contribution in [2.45, 2.75) is 22.8 Å². The highest BCUT2D eigenvalue weighted by Gasteiger charge is 2.34. The Morgan fingerprint density at radius 2 is 1.71 bits per heavy atom. The number of halogens is 2. The second-order valence-corrected chi connectivity index (χ2v) is 9.94. The Labute approximate surface area is 189 Å². The van der Waals surface area contributed by atoms with E-state index < -0.39 is 9.84 Å². The van der Waals surface area contributed by atoms with Crippen LogP contribution >= 0.6 is 23.2 Å². The lowest BCUT2D eigenvalue weighted by atomic mass is 9.96. The molecule has 1 aliphatic heterocycles. The monoisotopic (exact) mass is 479 g/mol. The lowest BCUT2D eigenvalue weighted by molar-refractivity contribution is -0.122. The zero-order valence-corrected chi connectivity index (χ0v) is 18.6. The molecule has 0 radical (unpaired) electrons. The van der Waals surface area contributed by atoms with Crippen LogP contribution in [0, 0.1) is 5.92 Å². The molecule has 1 aliphatic rings. The van der Waals surface area contributed by atoms with Crippen LogP contribution in [0.4, 0.5) is 5.88 Å². The fraction of sp³-hybridized carbons (Fsp3) is 0.238. The first-order valence-corrected chi connectivity index (χ1v) is 11.8. The Morgan fingerprint density at radius 3 is 2.32 bits per heavy atom. The molecule has 2 aromatic carbocycles. The minimum atomic E-state index is -4.01. The number of primary amides is 1. The maximum absolute atomic E-state index is 13.4. The van der Waals surface area contributed by atoms with Gasteiger partial charge in [0.1, 0.15) is 0 Å². The molecule has 7 nitrogen and oxygen atoms in total. The summed E-state index contributed by atoms with van der Waals surface area (Å²) >= 11 is 12.2. The highest BCUT2D eigenvalue weighted by molar-refractivity contribution is 7.91. The highest BCUT2D eigenvalue weighted by Crippen LogP contribution is 2.38. The second kappa shape index (κ2) is 8.53. The molecule has 4 rings (SSSR count). The van der Waals surface area contributed by atoms with E-state index in [0.717, 1.165) is 0 Å². The smallest absolute Gasteiger partial charge is 0.236 e. The third kappa shape index (κ3) is 4.28. The molecule has 0 aliphatic carbocycles. The summed E-state index contributed by atoms with van der Waals surface area (Å²) in [7, 11) is -4.01. The van der Waals surface area contributed by atoms with Crippen LogP contribution in [0.3, 0.4) is 0 Å². The topological polar surface area (TPSA) is 106 Å². The molecule has 1 amide bonds. The van der Waals surface area contributed by atoms with Crippen LogP contribution in [0.1, 0.15) is 12.8 Å². The highest BCUT2D eigenvalue weighted by atomic mass is 35.5. The number of hydrogen-bond acceptors (Lipinski definition) is 6. The number of nitrogens with zero attached hydrogens (tertiary/aromatic N) is 2. The van der Waals surface area contributed by atoms with Crippen LogP contribution in [0.15, 0.2) is 62.9 Å². The van der Waals surface area contributed by atoms with Gasteiger partial charge >= 0.3 is 0 Å². The molecular weight excluding hydrogens is 461 g/mol. The van der Waals surface area contributed by atoms with Crippen molar-refractivity contribution >= 4 is 44.8 Å². The number of oxazole rings is 1. The first kappa shape index (κ1) is 21.7. The van der Waals surface area contributed by atoms with E-state index in [1.54, 1.807) is 29.2 Å². The van der Waals surface area contributed by atoms with E-state index in [-0.39, 0.29) is 33.5 Å². The van der Waals surface area contributed by atoms with E-state index >= 15 is 0 Å². The zero-order valence-electron chi connectivity index (χ0n) is 16.3. The van der Waals surface area contributed by atoms with Crippen LogP contribution in [0.2, 0.25) is 10.0 Å². The van der Waals surface area contributed by atoms with Crippen molar-refractivity contribution in [1.82, 2.24) is 4.98 Å². The molecule has 3 aromatic rings. The molecule has 0 atom stereocenters. The van der Waals surface area contributed by atoms with Gasteiger partial charge in [-0.25, -0.2) is 8.42 Å². The number of piperidine rings is 1. The van der Waals surface area contributed by atoms with Crippen molar-refractivity contribution in [3.05, 3.63) is 58.6 Å². The maximum Gasteiger partial charge on any atom is 0.236 e. The minimum Gasteiger partial charge on any atom is -0.419 e. The van der Waals surface area contributed by atoms with Crippen LogP contribution in [0.5, 0.6) is 0 Å². The molecular formula is C21H19Cl2N3O4S. The summed E-state index contributed by atoms with van der Waals surface area (Å²) < 4.78 is 32.8. The van der Waals surface area contributed by atoms with Crippen LogP contribution in [-0.2, 0) is 14.6 Å². The standard InChI is InChI=1S/C21H19Cl2N3O4S/c22-14-5-7-15(8-6-14)31(28,29)20-21(26-11-9-13(10-12-26)18(24)27)30-19(25-20)16-3-1-2-4-17(16)23/h1-8,13H,9-12H2,(H2,24,27). The first-order valence-electron chi connectivity index (χ1n) is 9.58. The number of rotatable bonds is 5. The van der Waals surface area contributed by atoms with Gasteiger partial charge in [0.15, 0.2) is 0 Å². The lowest BCUT2D eigenvalue weighted by Gasteiger charge is -2.30. The van der Waals surface area contributed by atoms with Crippen molar-refractivity contribution < 1.29 is 17.6 Å². The molecule has 162 valence electrons. The van der Waals surface area contributed by atoms with Gasteiger partial charge in [0.05, 0.1) is 15.5 Å². The molecule has 31 heavy (non-hydrogen) atoms. The summed E-state index contributed by atoms with van der Waals surface area (Å²) in [6.45, 7) is 0.821. The Balaban J connectivity index is 1.80. The number of hydrogen-bond donors (Lipinski definition) is 1. The van der Waals surface area contributed by atoms with Crippen molar-refractivity contribution in [2.24, 2.45) is 11.7 Å². The van der Waals surface area contributed by atoms with Gasteiger partial charge in [-0.05, 0) is 49.2 Å². The van der Waals surface area contributed by atoms with Gasteiger partial charge in [0.2, 0.25) is 32.5 Å². The third-order valence-electron chi connectivity index (χ3n) is 5.25. The number of carbonyl (C=O) groups is 1. The van der Waals surface area contributed by atoms with E-state index in [2.05, 4.69) is 4.98 Å². The largest absolute Gasteiger partial charge is 0.419 e. The van der Waals surface area contributed by atoms with Gasteiger partial charge in [-0.15, -0.1) is 0 Å². The average molecular weight is 480 g/mol. The lowest BCUT2D eigenvalue weighted by Crippen LogP contribution is -2.38. The summed E-state index contributed by atoms with van der Waals surface area (Å²) in [6.07, 6.45) is 0.996. The Bertz CT molecular complexity index is 1220. The number of carbonyl (C=O) groups excluding carboxylic acids is 1. The molecule has 1 aromatic heterocycles. The zero-order chi connectivity index (χ0) is 22.2. The van der Waals surface area contributed by atoms with Crippen molar-refractivity contribution in [3.63, 3.8) is 0 Å². The molecule has 2 N–H and O–H groups in total. The molecule has 0 saturated carbocycles. The number of anilines is 1. The summed E-state index contributed by atoms with van der Waals surface area (Å²) in [5.41, 5.74) is 5.90. The van der Waals surface area contributed by atoms with E-state index in [4.69, 9.17) is 33.4 Å². The van der Waals surface area contributed by atoms with Gasteiger partial charge in [0.25, 0.3) is 0 Å². The second-order valence-electron chi connectivity index (χ2n) is 7.23. The van der Waals surface area contributed by atoms with Crippen LogP contribution in [-0.4, -0.2) is 32.4 Å². The third-order valence-corrected chi connectivity index (χ3v) is 7.50. The predicted molar refractivity (Wildman–Crippen MR) is 118 cm³/mol. The van der Waals surface area contributed by atoms with Crippen molar-refractivity contribution in [1.29, 1.82) is 0 Å². The van der Waals surface area contributed by atoms with Gasteiger partial charge < -0.3 is 15.1 Å². The van der Waals surface area contributed by atoms with Crippen molar-refractivity contribution in [2.75, 3.05) is 18.0 Å². The van der Waals surface area contributed by atoms with Crippen LogP contribution < -0.4 is 10.6 Å². The van der Waals surface area contributed by atoms with Gasteiger partial charge in [-0.2, -0.15) is 4.98 Å². The summed E-state index contributed by atoms with van der Waals surface area (Å²) in [5.74, 6) is -0.389. The Morgan fingerprint density at radius 1 is 1.06 bits per heavy atom. The number of aromatic nitrogens is 1. The quantitative estimate of drug-likeness (QED) is 0.587. The molecule has 0 bridgehead atoms. The molecule has 2 heterocycles. The van der Waals surface area contributed by atoms with Crippen molar-refractivity contribution in [3.8, 4) is 11.5 Å². The summed E-state index contributed by atoms with van der Waals surface area (Å²) in [6, 6.07) is 12.7. The minimum absolute atomic E-state index is 0.0455.